The molecule has 0 saturated carbocycles. The Bertz CT molecular complexity index is 634. The molecule has 0 radical (unpaired) electrons. The van der Waals surface area contributed by atoms with Crippen LogP contribution in [0.4, 0.5) is 0 Å². The quantitative estimate of drug-likeness (QED) is 0.688. The van der Waals surface area contributed by atoms with Crippen LogP contribution in [0.2, 0.25) is 0 Å². The predicted octanol–water partition coefficient (Wildman–Crippen LogP) is 2.82. The number of carbonyl (C=O) groups is 1. The van der Waals surface area contributed by atoms with Crippen molar-refractivity contribution in [2.45, 2.75) is 19.4 Å². The Balaban J connectivity index is 1.80. The first kappa shape index (κ1) is 12.5. The lowest BCUT2D eigenvalue weighted by Gasteiger charge is -2.17. The van der Waals surface area contributed by atoms with Gasteiger partial charge in [0, 0.05) is 6.07 Å². The molecule has 20 heavy (non-hydrogen) atoms. The van der Waals surface area contributed by atoms with Gasteiger partial charge >= 0.3 is 5.97 Å². The number of carbonyl (C=O) groups excluding carboxylic acids is 1. The SMILES string of the molecule is O=C1CCc2cc(O)c(OCc3ccccc3)cc2O1. The number of hydrogen-bond acceptors (Lipinski definition) is 4. The number of phenolic OH excluding ortho intramolecular Hbond substituents is 1. The molecule has 2 aromatic carbocycles. The third-order valence-electron chi connectivity index (χ3n) is 3.20. The average Bonchev–Trinajstić information content (AvgIpc) is 2.46. The summed E-state index contributed by atoms with van der Waals surface area (Å²) in [6, 6.07) is 12.8. The van der Waals surface area contributed by atoms with Crippen LogP contribution in [0.5, 0.6) is 17.2 Å². The maximum atomic E-state index is 11.3. The molecule has 1 aliphatic heterocycles. The molecule has 0 amide bonds. The molecule has 4 nitrogen and oxygen atoms in total. The third kappa shape index (κ3) is 2.59. The first-order valence-electron chi connectivity index (χ1n) is 6.45. The Morgan fingerprint density at radius 1 is 1.15 bits per heavy atom. The zero-order valence-corrected chi connectivity index (χ0v) is 10.8. The molecule has 0 spiro atoms. The lowest BCUT2D eigenvalue weighted by molar-refractivity contribution is -0.135. The van der Waals surface area contributed by atoms with E-state index in [-0.39, 0.29) is 11.7 Å². The first-order chi connectivity index (χ1) is 9.72. The molecule has 102 valence electrons. The van der Waals surface area contributed by atoms with Crippen molar-refractivity contribution < 1.29 is 19.4 Å². The van der Waals surface area contributed by atoms with E-state index in [0.29, 0.717) is 30.9 Å². The molecule has 1 heterocycles. The highest BCUT2D eigenvalue weighted by Crippen LogP contribution is 2.37. The number of ether oxygens (including phenoxy) is 2. The lowest BCUT2D eigenvalue weighted by atomic mass is 10.1. The topological polar surface area (TPSA) is 55.8 Å². The van der Waals surface area contributed by atoms with Crippen molar-refractivity contribution in [3.05, 3.63) is 53.6 Å². The summed E-state index contributed by atoms with van der Waals surface area (Å²) in [5, 5.41) is 9.94. The van der Waals surface area contributed by atoms with Crippen molar-refractivity contribution in [3.8, 4) is 17.2 Å². The van der Waals surface area contributed by atoms with E-state index >= 15 is 0 Å². The molecular formula is C16H14O4. The highest BCUT2D eigenvalue weighted by molar-refractivity contribution is 5.76. The van der Waals surface area contributed by atoms with Crippen molar-refractivity contribution in [2.24, 2.45) is 0 Å². The van der Waals surface area contributed by atoms with E-state index in [0.717, 1.165) is 11.1 Å². The Hall–Kier alpha value is -2.49. The Kier molecular flexibility index (Phi) is 3.29. The summed E-state index contributed by atoms with van der Waals surface area (Å²) in [4.78, 5) is 11.3. The van der Waals surface area contributed by atoms with Gasteiger partial charge in [0.15, 0.2) is 11.5 Å². The Morgan fingerprint density at radius 2 is 1.95 bits per heavy atom. The number of fused-ring (bicyclic) bond motifs is 1. The second-order valence-electron chi connectivity index (χ2n) is 4.68. The molecule has 0 fully saturated rings. The van der Waals surface area contributed by atoms with Crippen LogP contribution in [0.1, 0.15) is 17.5 Å². The van der Waals surface area contributed by atoms with Crippen molar-refractivity contribution in [2.75, 3.05) is 0 Å². The van der Waals surface area contributed by atoms with E-state index in [2.05, 4.69) is 0 Å². The van der Waals surface area contributed by atoms with Crippen LogP contribution in [0.3, 0.4) is 0 Å². The molecule has 4 heteroatoms. The summed E-state index contributed by atoms with van der Waals surface area (Å²) in [6.07, 6.45) is 0.928. The minimum atomic E-state index is -0.253. The lowest BCUT2D eigenvalue weighted by Crippen LogP contribution is -2.15. The van der Waals surface area contributed by atoms with Gasteiger partial charge in [-0.15, -0.1) is 0 Å². The van der Waals surface area contributed by atoms with Gasteiger partial charge in [-0.25, -0.2) is 0 Å². The molecular weight excluding hydrogens is 256 g/mol. The molecule has 0 aliphatic carbocycles. The number of aromatic hydroxyl groups is 1. The van der Waals surface area contributed by atoms with Crippen LogP contribution in [0, 0.1) is 0 Å². The largest absolute Gasteiger partial charge is 0.504 e. The van der Waals surface area contributed by atoms with Crippen molar-refractivity contribution in [1.82, 2.24) is 0 Å². The summed E-state index contributed by atoms with van der Waals surface area (Å²) >= 11 is 0. The summed E-state index contributed by atoms with van der Waals surface area (Å²) in [5.41, 5.74) is 1.83. The van der Waals surface area contributed by atoms with Gasteiger partial charge < -0.3 is 14.6 Å². The van der Waals surface area contributed by atoms with E-state index in [1.54, 1.807) is 12.1 Å². The second-order valence-corrected chi connectivity index (χ2v) is 4.68. The molecule has 0 saturated heterocycles. The number of benzene rings is 2. The van der Waals surface area contributed by atoms with Crippen molar-refractivity contribution >= 4 is 5.97 Å². The number of hydrogen-bond donors (Lipinski definition) is 1. The van der Waals surface area contributed by atoms with E-state index < -0.39 is 0 Å². The summed E-state index contributed by atoms with van der Waals surface area (Å²) < 4.78 is 10.7. The molecule has 1 N–H and O–H groups in total. The summed E-state index contributed by atoms with van der Waals surface area (Å²) in [6.45, 7) is 0.348. The highest BCUT2D eigenvalue weighted by atomic mass is 16.5. The second kappa shape index (κ2) is 5.25. The van der Waals surface area contributed by atoms with Gasteiger partial charge in [-0.1, -0.05) is 30.3 Å². The van der Waals surface area contributed by atoms with Gasteiger partial charge in [-0.2, -0.15) is 0 Å². The van der Waals surface area contributed by atoms with Gasteiger partial charge in [0.1, 0.15) is 12.4 Å². The molecule has 3 rings (SSSR count). The fraction of sp³-hybridized carbons (Fsp3) is 0.188. The fourth-order valence-corrected chi connectivity index (χ4v) is 2.14. The molecule has 2 aromatic rings. The van der Waals surface area contributed by atoms with Gasteiger partial charge in [0.25, 0.3) is 0 Å². The molecule has 0 atom stereocenters. The smallest absolute Gasteiger partial charge is 0.311 e. The molecule has 0 unspecified atom stereocenters. The van der Waals surface area contributed by atoms with E-state index in [4.69, 9.17) is 9.47 Å². The van der Waals surface area contributed by atoms with Crippen molar-refractivity contribution in [1.29, 1.82) is 0 Å². The minimum Gasteiger partial charge on any atom is -0.504 e. The van der Waals surface area contributed by atoms with Crippen LogP contribution in [0.15, 0.2) is 42.5 Å². The number of esters is 1. The number of aryl methyl sites for hydroxylation is 1. The number of phenols is 1. The summed E-state index contributed by atoms with van der Waals surface area (Å²) in [5.74, 6) is 0.610. The zero-order chi connectivity index (χ0) is 13.9. The third-order valence-corrected chi connectivity index (χ3v) is 3.20. The van der Waals surface area contributed by atoms with Crippen LogP contribution in [-0.2, 0) is 17.8 Å². The average molecular weight is 270 g/mol. The Morgan fingerprint density at radius 3 is 2.75 bits per heavy atom. The normalized spacial score (nSPS) is 13.5. The van der Waals surface area contributed by atoms with Crippen LogP contribution in [-0.4, -0.2) is 11.1 Å². The molecule has 0 aromatic heterocycles. The standard InChI is InChI=1S/C16H14O4/c17-13-8-12-6-7-16(18)20-14(12)9-15(13)19-10-11-4-2-1-3-5-11/h1-5,8-9,17H,6-7,10H2. The monoisotopic (exact) mass is 270 g/mol. The van der Waals surface area contributed by atoms with Gasteiger partial charge in [-0.3, -0.25) is 4.79 Å². The first-order valence-corrected chi connectivity index (χ1v) is 6.45. The van der Waals surface area contributed by atoms with Crippen LogP contribution in [0.25, 0.3) is 0 Å². The minimum absolute atomic E-state index is 0.0673. The maximum absolute atomic E-state index is 11.3. The van der Waals surface area contributed by atoms with E-state index in [1.165, 1.54) is 0 Å². The highest BCUT2D eigenvalue weighted by Gasteiger charge is 2.20. The predicted molar refractivity (Wildman–Crippen MR) is 72.8 cm³/mol. The number of rotatable bonds is 3. The van der Waals surface area contributed by atoms with Crippen LogP contribution >= 0.6 is 0 Å². The van der Waals surface area contributed by atoms with E-state index in [1.807, 2.05) is 30.3 Å². The molecule has 1 aliphatic rings. The Labute approximate surface area is 116 Å². The van der Waals surface area contributed by atoms with Gasteiger partial charge in [0.05, 0.1) is 6.42 Å². The fourth-order valence-electron chi connectivity index (χ4n) is 2.14. The van der Waals surface area contributed by atoms with Gasteiger partial charge in [-0.05, 0) is 23.6 Å². The van der Waals surface area contributed by atoms with E-state index in [9.17, 15) is 9.90 Å². The van der Waals surface area contributed by atoms with Gasteiger partial charge in [0.2, 0.25) is 0 Å². The van der Waals surface area contributed by atoms with Crippen LogP contribution < -0.4 is 9.47 Å². The maximum Gasteiger partial charge on any atom is 0.311 e. The summed E-state index contributed by atoms with van der Waals surface area (Å²) in [7, 11) is 0. The van der Waals surface area contributed by atoms with Crippen molar-refractivity contribution in [3.63, 3.8) is 0 Å². The zero-order valence-electron chi connectivity index (χ0n) is 10.8. The molecule has 0 bridgehead atoms.